The average Bonchev–Trinajstić information content (AvgIpc) is 2.67. The lowest BCUT2D eigenvalue weighted by atomic mass is 9.99. The molecule has 0 bridgehead atoms. The number of fused-ring (bicyclic) bond motifs is 1. The standard InChI is InChI=1S/C17H29NO2/c1-5-7-9-15(6-2)12-18-13(3)16-17(14(18)4)20-11-8-10-19-16/h15H,5-12H2,1-4H3. The van der Waals surface area contributed by atoms with Crippen LogP contribution < -0.4 is 9.47 Å². The summed E-state index contributed by atoms with van der Waals surface area (Å²) in [5.74, 6) is 2.71. The SMILES string of the molecule is CCCCC(CC)Cn1c(C)c2c(c1C)OCCCO2. The van der Waals surface area contributed by atoms with Gasteiger partial charge in [0.25, 0.3) is 0 Å². The highest BCUT2D eigenvalue weighted by molar-refractivity contribution is 5.50. The van der Waals surface area contributed by atoms with Gasteiger partial charge in [-0.3, -0.25) is 0 Å². The third kappa shape index (κ3) is 3.13. The summed E-state index contributed by atoms with van der Waals surface area (Å²) in [6.07, 6.45) is 6.13. The van der Waals surface area contributed by atoms with Gasteiger partial charge in [-0.05, 0) is 26.2 Å². The third-order valence-corrected chi connectivity index (χ3v) is 4.44. The zero-order chi connectivity index (χ0) is 14.5. The highest BCUT2D eigenvalue weighted by atomic mass is 16.5. The molecule has 1 unspecified atom stereocenters. The van der Waals surface area contributed by atoms with Crippen LogP contribution in [0, 0.1) is 19.8 Å². The topological polar surface area (TPSA) is 23.4 Å². The summed E-state index contributed by atoms with van der Waals surface area (Å²) in [5, 5.41) is 0. The second-order valence-electron chi connectivity index (χ2n) is 5.91. The molecule has 0 spiro atoms. The van der Waals surface area contributed by atoms with Crippen molar-refractivity contribution in [1.29, 1.82) is 0 Å². The second kappa shape index (κ2) is 7.05. The van der Waals surface area contributed by atoms with Gasteiger partial charge in [-0.25, -0.2) is 0 Å². The molecular formula is C17H29NO2. The lowest BCUT2D eigenvalue weighted by Gasteiger charge is -2.18. The minimum absolute atomic E-state index is 0.753. The van der Waals surface area contributed by atoms with Crippen molar-refractivity contribution in [1.82, 2.24) is 4.57 Å². The van der Waals surface area contributed by atoms with Gasteiger partial charge in [0.2, 0.25) is 0 Å². The molecule has 20 heavy (non-hydrogen) atoms. The van der Waals surface area contributed by atoms with E-state index >= 15 is 0 Å². The van der Waals surface area contributed by atoms with Crippen molar-refractivity contribution in [2.24, 2.45) is 5.92 Å². The summed E-state index contributed by atoms with van der Waals surface area (Å²) >= 11 is 0. The number of aromatic nitrogens is 1. The molecule has 0 fully saturated rings. The van der Waals surface area contributed by atoms with E-state index in [4.69, 9.17) is 9.47 Å². The van der Waals surface area contributed by atoms with Gasteiger partial charge in [-0.1, -0.05) is 33.1 Å². The fourth-order valence-electron chi connectivity index (χ4n) is 3.02. The number of rotatable bonds is 6. The van der Waals surface area contributed by atoms with E-state index in [1.807, 2.05) is 0 Å². The van der Waals surface area contributed by atoms with E-state index in [1.165, 1.54) is 37.1 Å². The molecule has 2 rings (SSSR count). The van der Waals surface area contributed by atoms with E-state index in [9.17, 15) is 0 Å². The molecule has 1 aromatic heterocycles. The van der Waals surface area contributed by atoms with Crippen molar-refractivity contribution in [3.8, 4) is 11.5 Å². The van der Waals surface area contributed by atoms with E-state index < -0.39 is 0 Å². The van der Waals surface area contributed by atoms with E-state index in [-0.39, 0.29) is 0 Å². The van der Waals surface area contributed by atoms with Gasteiger partial charge in [-0.2, -0.15) is 0 Å². The van der Waals surface area contributed by atoms with Crippen molar-refractivity contribution in [3.63, 3.8) is 0 Å². The van der Waals surface area contributed by atoms with Crippen LogP contribution in [-0.4, -0.2) is 17.8 Å². The molecule has 0 aromatic carbocycles. The van der Waals surface area contributed by atoms with Gasteiger partial charge in [0.05, 0.1) is 24.6 Å². The van der Waals surface area contributed by atoms with Crippen LogP contribution in [0.3, 0.4) is 0 Å². The summed E-state index contributed by atoms with van der Waals surface area (Å²) in [6.45, 7) is 11.5. The summed E-state index contributed by atoms with van der Waals surface area (Å²) in [6, 6.07) is 0. The largest absolute Gasteiger partial charge is 0.488 e. The minimum atomic E-state index is 0.753. The Morgan fingerprint density at radius 1 is 1.05 bits per heavy atom. The molecule has 0 N–H and O–H groups in total. The van der Waals surface area contributed by atoms with Crippen molar-refractivity contribution in [3.05, 3.63) is 11.4 Å². The molecule has 1 aliphatic heterocycles. The first kappa shape index (κ1) is 15.3. The number of hydrogen-bond donors (Lipinski definition) is 0. The van der Waals surface area contributed by atoms with Crippen LogP contribution in [0.4, 0.5) is 0 Å². The van der Waals surface area contributed by atoms with Crippen LogP contribution in [0.2, 0.25) is 0 Å². The van der Waals surface area contributed by atoms with Crippen LogP contribution in [0.5, 0.6) is 11.5 Å². The van der Waals surface area contributed by atoms with Crippen LogP contribution in [0.15, 0.2) is 0 Å². The lowest BCUT2D eigenvalue weighted by Crippen LogP contribution is -2.13. The van der Waals surface area contributed by atoms with Crippen molar-refractivity contribution >= 4 is 0 Å². The van der Waals surface area contributed by atoms with E-state index in [2.05, 4.69) is 32.3 Å². The second-order valence-corrected chi connectivity index (χ2v) is 5.91. The van der Waals surface area contributed by atoms with E-state index in [0.717, 1.165) is 43.6 Å². The quantitative estimate of drug-likeness (QED) is 0.766. The molecule has 3 nitrogen and oxygen atoms in total. The first-order valence-corrected chi connectivity index (χ1v) is 8.14. The smallest absolute Gasteiger partial charge is 0.182 e. The third-order valence-electron chi connectivity index (χ3n) is 4.44. The Hall–Kier alpha value is -1.12. The first-order valence-electron chi connectivity index (χ1n) is 8.14. The monoisotopic (exact) mass is 279 g/mol. The number of hydrogen-bond acceptors (Lipinski definition) is 2. The summed E-state index contributed by atoms with van der Waals surface area (Å²) in [4.78, 5) is 0. The Morgan fingerprint density at radius 3 is 2.15 bits per heavy atom. The highest BCUT2D eigenvalue weighted by Gasteiger charge is 2.23. The van der Waals surface area contributed by atoms with Crippen molar-refractivity contribution < 1.29 is 9.47 Å². The molecule has 114 valence electrons. The summed E-state index contributed by atoms with van der Waals surface area (Å²) < 4.78 is 14.2. The first-order chi connectivity index (χ1) is 9.69. The van der Waals surface area contributed by atoms with Gasteiger partial charge in [-0.15, -0.1) is 0 Å². The van der Waals surface area contributed by atoms with Crippen molar-refractivity contribution in [2.75, 3.05) is 13.2 Å². The maximum atomic E-state index is 5.89. The molecular weight excluding hydrogens is 250 g/mol. The summed E-state index contributed by atoms with van der Waals surface area (Å²) in [5.41, 5.74) is 2.46. The molecule has 0 aliphatic carbocycles. The van der Waals surface area contributed by atoms with Crippen LogP contribution in [-0.2, 0) is 6.54 Å². The Bertz CT molecular complexity index is 407. The minimum Gasteiger partial charge on any atom is -0.488 e. The fourth-order valence-corrected chi connectivity index (χ4v) is 3.02. The predicted molar refractivity (Wildman–Crippen MR) is 82.8 cm³/mol. The number of ether oxygens (including phenoxy) is 2. The Kier molecular flexibility index (Phi) is 5.38. The molecule has 0 saturated heterocycles. The highest BCUT2D eigenvalue weighted by Crippen LogP contribution is 2.39. The lowest BCUT2D eigenvalue weighted by molar-refractivity contribution is 0.289. The molecule has 2 heterocycles. The van der Waals surface area contributed by atoms with Gasteiger partial charge in [0, 0.05) is 13.0 Å². The average molecular weight is 279 g/mol. The van der Waals surface area contributed by atoms with Crippen molar-refractivity contribution in [2.45, 2.75) is 66.3 Å². The van der Waals surface area contributed by atoms with Crippen LogP contribution >= 0.6 is 0 Å². The maximum absolute atomic E-state index is 5.89. The zero-order valence-electron chi connectivity index (χ0n) is 13.5. The Morgan fingerprint density at radius 2 is 1.65 bits per heavy atom. The van der Waals surface area contributed by atoms with E-state index in [1.54, 1.807) is 0 Å². The van der Waals surface area contributed by atoms with Gasteiger partial charge in [0.1, 0.15) is 0 Å². The summed E-state index contributed by atoms with van der Waals surface area (Å²) in [7, 11) is 0. The predicted octanol–water partition coefficient (Wildman–Crippen LogP) is 4.48. The van der Waals surface area contributed by atoms with E-state index in [0.29, 0.717) is 0 Å². The zero-order valence-corrected chi connectivity index (χ0v) is 13.5. The molecule has 0 amide bonds. The normalized spacial score (nSPS) is 16.0. The molecule has 1 aromatic rings. The fraction of sp³-hybridized carbons (Fsp3) is 0.765. The molecule has 1 atom stereocenters. The van der Waals surface area contributed by atoms with Gasteiger partial charge >= 0.3 is 0 Å². The Labute approximate surface area is 123 Å². The molecule has 3 heteroatoms. The molecule has 0 radical (unpaired) electrons. The van der Waals surface area contributed by atoms with Crippen LogP contribution in [0.25, 0.3) is 0 Å². The molecule has 1 aliphatic rings. The van der Waals surface area contributed by atoms with Gasteiger partial charge in [0.15, 0.2) is 11.5 Å². The number of nitrogens with zero attached hydrogens (tertiary/aromatic N) is 1. The Balaban J connectivity index is 2.19. The van der Waals surface area contributed by atoms with Crippen LogP contribution in [0.1, 0.15) is 57.3 Å². The van der Waals surface area contributed by atoms with Gasteiger partial charge < -0.3 is 14.0 Å². The molecule has 0 saturated carbocycles. The maximum Gasteiger partial charge on any atom is 0.182 e. The number of unbranched alkanes of at least 4 members (excludes halogenated alkanes) is 1.